The zero-order chi connectivity index (χ0) is 18.6. The summed E-state index contributed by atoms with van der Waals surface area (Å²) in [4.78, 5) is 16.9. The molecule has 0 aliphatic carbocycles. The molecule has 0 fully saturated rings. The lowest BCUT2D eigenvalue weighted by Crippen LogP contribution is -2.14. The fourth-order valence-corrected chi connectivity index (χ4v) is 2.83. The Morgan fingerprint density at radius 3 is 2.81 bits per heavy atom. The number of ether oxygens (including phenoxy) is 1. The first-order valence-corrected chi connectivity index (χ1v) is 8.64. The summed E-state index contributed by atoms with van der Waals surface area (Å²) >= 11 is 6.06. The van der Waals surface area contributed by atoms with E-state index in [2.05, 4.69) is 15.4 Å². The minimum atomic E-state index is -0.315. The number of hydrogen-bond acceptors (Lipinski definition) is 4. The van der Waals surface area contributed by atoms with Gasteiger partial charge >= 0.3 is 0 Å². The highest BCUT2D eigenvalue weighted by Crippen LogP contribution is 2.23. The summed E-state index contributed by atoms with van der Waals surface area (Å²) in [5, 5.41) is 8.58. The first-order valence-electron chi connectivity index (χ1n) is 8.26. The number of fused-ring (bicyclic) bond motifs is 1. The fourth-order valence-electron chi connectivity index (χ4n) is 2.64. The van der Waals surface area contributed by atoms with E-state index in [-0.39, 0.29) is 18.3 Å². The van der Waals surface area contributed by atoms with E-state index >= 15 is 0 Å². The van der Waals surface area contributed by atoms with Gasteiger partial charge in [-0.3, -0.25) is 9.78 Å². The van der Waals surface area contributed by atoms with E-state index in [1.54, 1.807) is 30.6 Å². The molecule has 0 bridgehead atoms. The average Bonchev–Trinajstić information content (AvgIpc) is 3.17. The lowest BCUT2D eigenvalue weighted by Gasteiger charge is -2.08. The van der Waals surface area contributed by atoms with E-state index in [9.17, 15) is 4.79 Å². The second kappa shape index (κ2) is 7.47. The Labute approximate surface area is 160 Å². The number of nitrogens with zero attached hydrogens (tertiary/aromatic N) is 3. The van der Waals surface area contributed by atoms with Crippen molar-refractivity contribution < 1.29 is 9.53 Å². The van der Waals surface area contributed by atoms with Gasteiger partial charge in [-0.2, -0.15) is 5.10 Å². The summed E-state index contributed by atoms with van der Waals surface area (Å²) in [7, 11) is 0. The Morgan fingerprint density at radius 1 is 1.07 bits per heavy atom. The number of carbonyl (C=O) groups is 1. The first-order chi connectivity index (χ1) is 13.2. The molecule has 0 atom stereocenters. The first kappa shape index (κ1) is 17.1. The molecule has 4 aromatic rings. The van der Waals surface area contributed by atoms with Gasteiger partial charge in [0.05, 0.1) is 16.2 Å². The van der Waals surface area contributed by atoms with E-state index in [0.717, 1.165) is 10.9 Å². The van der Waals surface area contributed by atoms with Crippen LogP contribution in [0.15, 0.2) is 73.1 Å². The van der Waals surface area contributed by atoms with E-state index < -0.39 is 0 Å². The fraction of sp³-hybridized carbons (Fsp3) is 0.0500. The molecule has 1 N–H and O–H groups in total. The molecular weight excluding hydrogens is 364 g/mol. The van der Waals surface area contributed by atoms with Gasteiger partial charge in [-0.25, -0.2) is 4.68 Å². The number of nitrogens with one attached hydrogen (secondary N) is 1. The van der Waals surface area contributed by atoms with Crippen molar-refractivity contribution >= 4 is 34.1 Å². The zero-order valence-electron chi connectivity index (χ0n) is 14.2. The number of pyridine rings is 1. The summed E-state index contributed by atoms with van der Waals surface area (Å²) < 4.78 is 7.15. The number of rotatable bonds is 5. The Morgan fingerprint density at radius 2 is 1.93 bits per heavy atom. The Hall–Kier alpha value is -3.38. The molecule has 1 amide bonds. The molecule has 2 heterocycles. The van der Waals surface area contributed by atoms with Gasteiger partial charge < -0.3 is 10.1 Å². The van der Waals surface area contributed by atoms with Gasteiger partial charge in [0, 0.05) is 17.8 Å². The normalized spacial score (nSPS) is 10.7. The molecule has 134 valence electrons. The molecule has 27 heavy (non-hydrogen) atoms. The average molecular weight is 379 g/mol. The van der Waals surface area contributed by atoms with E-state index in [0.29, 0.717) is 16.5 Å². The molecule has 0 aliphatic heterocycles. The number of para-hydroxylation sites is 2. The van der Waals surface area contributed by atoms with Crippen LogP contribution < -0.4 is 10.1 Å². The molecule has 2 aromatic carbocycles. The molecule has 0 unspecified atom stereocenters. The molecule has 0 saturated heterocycles. The quantitative estimate of drug-likeness (QED) is 0.559. The van der Waals surface area contributed by atoms with Crippen molar-refractivity contribution in [2.45, 2.75) is 6.73 Å². The Balaban J connectivity index is 1.46. The maximum Gasteiger partial charge on any atom is 0.276 e. The molecule has 0 aliphatic rings. The molecule has 4 rings (SSSR count). The van der Waals surface area contributed by atoms with Crippen LogP contribution >= 0.6 is 11.6 Å². The topological polar surface area (TPSA) is 69.0 Å². The summed E-state index contributed by atoms with van der Waals surface area (Å²) in [6.45, 7) is 0.146. The summed E-state index contributed by atoms with van der Waals surface area (Å²) in [5.41, 5.74) is 1.65. The van der Waals surface area contributed by atoms with Crippen LogP contribution in [0.2, 0.25) is 5.02 Å². The Kier molecular flexibility index (Phi) is 4.72. The molecule has 0 spiro atoms. The number of carbonyl (C=O) groups excluding carboxylic acids is 1. The lowest BCUT2D eigenvalue weighted by atomic mass is 10.2. The van der Waals surface area contributed by atoms with Crippen LogP contribution in [0.5, 0.6) is 5.75 Å². The van der Waals surface area contributed by atoms with Gasteiger partial charge in [-0.05, 0) is 30.3 Å². The minimum absolute atomic E-state index is 0.146. The number of anilines is 1. The van der Waals surface area contributed by atoms with Crippen molar-refractivity contribution in [1.29, 1.82) is 0 Å². The van der Waals surface area contributed by atoms with Gasteiger partial charge in [0.2, 0.25) is 0 Å². The highest BCUT2D eigenvalue weighted by Gasteiger charge is 2.12. The van der Waals surface area contributed by atoms with Crippen LogP contribution in [0.1, 0.15) is 10.5 Å². The smallest absolute Gasteiger partial charge is 0.276 e. The molecule has 7 heteroatoms. The minimum Gasteiger partial charge on any atom is -0.470 e. The molecular formula is C20H15ClN4O2. The van der Waals surface area contributed by atoms with Gasteiger partial charge in [0.1, 0.15) is 5.75 Å². The van der Waals surface area contributed by atoms with Crippen LogP contribution in [-0.2, 0) is 6.73 Å². The highest BCUT2D eigenvalue weighted by atomic mass is 35.5. The number of halogens is 1. The number of amides is 1. The predicted octanol–water partition coefficient (Wildman–Crippen LogP) is 4.37. The second-order valence-electron chi connectivity index (χ2n) is 5.78. The van der Waals surface area contributed by atoms with Crippen molar-refractivity contribution in [3.05, 3.63) is 83.8 Å². The number of aromatic nitrogens is 3. The SMILES string of the molecule is O=C(Nc1cccc2cccnc12)c1ccn(COc2ccccc2Cl)n1. The molecule has 0 saturated carbocycles. The molecule has 0 radical (unpaired) electrons. The van der Waals surface area contributed by atoms with Crippen LogP contribution in [0.3, 0.4) is 0 Å². The molecule has 2 aromatic heterocycles. The van der Waals surface area contributed by atoms with Crippen LogP contribution in [0.25, 0.3) is 10.9 Å². The van der Waals surface area contributed by atoms with Gasteiger partial charge in [-0.15, -0.1) is 0 Å². The van der Waals surface area contributed by atoms with Crippen molar-refractivity contribution in [2.24, 2.45) is 0 Å². The Bertz CT molecular complexity index is 1100. The van der Waals surface area contributed by atoms with Crippen LogP contribution in [0.4, 0.5) is 5.69 Å². The van der Waals surface area contributed by atoms with E-state index in [1.165, 1.54) is 4.68 Å². The van der Waals surface area contributed by atoms with Crippen molar-refractivity contribution in [1.82, 2.24) is 14.8 Å². The van der Waals surface area contributed by atoms with Crippen molar-refractivity contribution in [2.75, 3.05) is 5.32 Å². The number of benzene rings is 2. The van der Waals surface area contributed by atoms with Crippen LogP contribution in [0, 0.1) is 0 Å². The summed E-state index contributed by atoms with van der Waals surface area (Å²) in [6.07, 6.45) is 3.37. The monoisotopic (exact) mass is 378 g/mol. The third-order valence-electron chi connectivity index (χ3n) is 3.94. The highest BCUT2D eigenvalue weighted by molar-refractivity contribution is 6.32. The maximum atomic E-state index is 12.5. The van der Waals surface area contributed by atoms with Crippen LogP contribution in [-0.4, -0.2) is 20.7 Å². The molecule has 6 nitrogen and oxygen atoms in total. The lowest BCUT2D eigenvalue weighted by molar-refractivity contribution is 0.102. The van der Waals surface area contributed by atoms with E-state index in [1.807, 2.05) is 42.5 Å². The number of hydrogen-bond donors (Lipinski definition) is 1. The summed E-state index contributed by atoms with van der Waals surface area (Å²) in [6, 6.07) is 18.2. The third kappa shape index (κ3) is 3.75. The van der Waals surface area contributed by atoms with Crippen molar-refractivity contribution in [3.63, 3.8) is 0 Å². The summed E-state index contributed by atoms with van der Waals surface area (Å²) in [5.74, 6) is 0.243. The standard InChI is InChI=1S/C20H15ClN4O2/c21-15-7-1-2-9-18(15)27-13-25-12-10-17(24-25)20(26)23-16-8-3-5-14-6-4-11-22-19(14)16/h1-12H,13H2,(H,23,26). The van der Waals surface area contributed by atoms with Gasteiger partial charge in [0.15, 0.2) is 12.4 Å². The second-order valence-corrected chi connectivity index (χ2v) is 6.19. The van der Waals surface area contributed by atoms with Crippen molar-refractivity contribution in [3.8, 4) is 5.75 Å². The van der Waals surface area contributed by atoms with Gasteiger partial charge in [-0.1, -0.05) is 41.9 Å². The largest absolute Gasteiger partial charge is 0.470 e. The zero-order valence-corrected chi connectivity index (χ0v) is 14.9. The van der Waals surface area contributed by atoms with Gasteiger partial charge in [0.25, 0.3) is 5.91 Å². The predicted molar refractivity (Wildman–Crippen MR) is 104 cm³/mol. The van der Waals surface area contributed by atoms with E-state index in [4.69, 9.17) is 16.3 Å². The maximum absolute atomic E-state index is 12.5. The third-order valence-corrected chi connectivity index (χ3v) is 4.26.